The zero-order valence-electron chi connectivity index (χ0n) is 36.9. The Bertz CT molecular complexity index is 1300. The second kappa shape index (κ2) is 39.4. The molecule has 0 rings (SSSR count). The van der Waals surface area contributed by atoms with E-state index in [9.17, 15) is 19.0 Å². The Labute approximate surface area is 353 Å². The maximum Gasteiger partial charge on any atom is 0.306 e. The van der Waals surface area contributed by atoms with E-state index in [4.69, 9.17) is 18.5 Å². The van der Waals surface area contributed by atoms with E-state index in [2.05, 4.69) is 105 Å². The van der Waals surface area contributed by atoms with Gasteiger partial charge < -0.3 is 27.9 Å². The number of carbonyl (C=O) groups excluding carboxylic acids is 2. The van der Waals surface area contributed by atoms with Crippen molar-refractivity contribution in [1.82, 2.24) is 0 Å². The summed E-state index contributed by atoms with van der Waals surface area (Å²) in [6.07, 6.45) is 51.6. The Hall–Kier alpha value is -3.07. The molecule has 330 valence electrons. The maximum atomic E-state index is 12.7. The van der Waals surface area contributed by atoms with E-state index in [1.54, 1.807) is 0 Å². The molecule has 0 aliphatic rings. The van der Waals surface area contributed by atoms with Crippen molar-refractivity contribution < 1.29 is 42.1 Å². The first kappa shape index (κ1) is 54.9. The second-order valence-corrected chi connectivity index (χ2v) is 16.7. The molecule has 0 N–H and O–H groups in total. The number of allylic oxidation sites excluding steroid dienone is 16. The van der Waals surface area contributed by atoms with Crippen molar-refractivity contribution in [2.24, 2.45) is 0 Å². The predicted octanol–water partition coefficient (Wildman–Crippen LogP) is 11.9. The van der Waals surface area contributed by atoms with E-state index in [-0.39, 0.29) is 26.1 Å². The Balaban J connectivity index is 4.48. The molecule has 0 aliphatic heterocycles. The lowest BCUT2D eigenvalue weighted by molar-refractivity contribution is -0.870. The van der Waals surface area contributed by atoms with Crippen LogP contribution < -0.4 is 4.89 Å². The van der Waals surface area contributed by atoms with Crippen LogP contribution in [0.25, 0.3) is 0 Å². The van der Waals surface area contributed by atoms with Gasteiger partial charge in [0.2, 0.25) is 0 Å². The molecule has 0 heterocycles. The van der Waals surface area contributed by atoms with Crippen LogP contribution in [0, 0.1) is 0 Å². The van der Waals surface area contributed by atoms with Crippen molar-refractivity contribution in [3.8, 4) is 0 Å². The van der Waals surface area contributed by atoms with Gasteiger partial charge in [-0.25, -0.2) is 0 Å². The molecule has 0 amide bonds. The number of phosphoric acid groups is 1. The summed E-state index contributed by atoms with van der Waals surface area (Å²) in [5, 5.41) is 0. The van der Waals surface area contributed by atoms with E-state index >= 15 is 0 Å². The molecule has 0 aromatic carbocycles. The minimum absolute atomic E-state index is 0.0486. The van der Waals surface area contributed by atoms with Crippen LogP contribution in [0.3, 0.4) is 0 Å². The molecule has 2 atom stereocenters. The summed E-state index contributed by atoms with van der Waals surface area (Å²) in [4.78, 5) is 37.4. The molecule has 0 saturated carbocycles. The van der Waals surface area contributed by atoms with Crippen LogP contribution in [-0.4, -0.2) is 70.0 Å². The Morgan fingerprint density at radius 1 is 0.552 bits per heavy atom. The molecule has 0 fully saturated rings. The third-order valence-electron chi connectivity index (χ3n) is 8.59. The molecule has 10 heteroatoms. The van der Waals surface area contributed by atoms with Crippen molar-refractivity contribution >= 4 is 19.8 Å². The van der Waals surface area contributed by atoms with Crippen molar-refractivity contribution in [3.63, 3.8) is 0 Å². The molecule has 0 radical (unpaired) electrons. The number of quaternary nitrogens is 1. The summed E-state index contributed by atoms with van der Waals surface area (Å²) in [5.41, 5.74) is 0. The van der Waals surface area contributed by atoms with Gasteiger partial charge in [-0.1, -0.05) is 143 Å². The number of carbonyl (C=O) groups is 2. The van der Waals surface area contributed by atoms with Gasteiger partial charge in [-0.15, -0.1) is 0 Å². The monoisotopic (exact) mass is 830 g/mol. The van der Waals surface area contributed by atoms with Gasteiger partial charge in [0.25, 0.3) is 7.82 Å². The fourth-order valence-electron chi connectivity index (χ4n) is 5.15. The fourth-order valence-corrected chi connectivity index (χ4v) is 5.88. The van der Waals surface area contributed by atoms with Crippen LogP contribution in [0.4, 0.5) is 0 Å². The summed E-state index contributed by atoms with van der Waals surface area (Å²) in [6.45, 7) is 3.96. The van der Waals surface area contributed by atoms with E-state index in [1.165, 1.54) is 12.8 Å². The molecule has 0 aromatic heterocycles. The maximum absolute atomic E-state index is 12.7. The van der Waals surface area contributed by atoms with Crippen molar-refractivity contribution in [2.75, 3.05) is 47.5 Å². The SMILES string of the molecule is CC/C=C\C/C=C\C/C=C\C/C=C\C/C=C\C/C=C\C/C=C\CCCC(=O)OC(COC(=O)CCCCCCC/C=C\CCCC)COP(=O)([O-])OCC[N+](C)(C)C. The third-order valence-corrected chi connectivity index (χ3v) is 9.55. The number of unbranched alkanes of at least 4 members (excludes halogenated alkanes) is 8. The third kappa shape index (κ3) is 42.5. The molecule has 0 saturated heterocycles. The van der Waals surface area contributed by atoms with Gasteiger partial charge in [-0.05, 0) is 83.5 Å². The predicted molar refractivity (Wildman–Crippen MR) is 240 cm³/mol. The van der Waals surface area contributed by atoms with Crippen LogP contribution >= 0.6 is 7.82 Å². The minimum Gasteiger partial charge on any atom is -0.756 e. The first-order chi connectivity index (χ1) is 28.0. The molecular formula is C48H80NO8P. The number of likely N-dealkylation sites (N-methyl/N-ethyl adjacent to an activating group) is 1. The highest BCUT2D eigenvalue weighted by molar-refractivity contribution is 7.45. The van der Waals surface area contributed by atoms with Crippen LogP contribution in [0.5, 0.6) is 0 Å². The zero-order valence-corrected chi connectivity index (χ0v) is 37.8. The summed E-state index contributed by atoms with van der Waals surface area (Å²) >= 11 is 0. The smallest absolute Gasteiger partial charge is 0.306 e. The van der Waals surface area contributed by atoms with Crippen molar-refractivity contribution in [1.29, 1.82) is 0 Å². The average molecular weight is 830 g/mol. The van der Waals surface area contributed by atoms with Crippen molar-refractivity contribution in [3.05, 3.63) is 97.2 Å². The quantitative estimate of drug-likeness (QED) is 0.0199. The first-order valence-electron chi connectivity index (χ1n) is 21.9. The van der Waals surface area contributed by atoms with Crippen LogP contribution in [-0.2, 0) is 32.7 Å². The normalized spacial score (nSPS) is 14.5. The summed E-state index contributed by atoms with van der Waals surface area (Å²) in [6, 6.07) is 0. The number of hydrogen-bond donors (Lipinski definition) is 0. The highest BCUT2D eigenvalue weighted by Crippen LogP contribution is 2.38. The highest BCUT2D eigenvalue weighted by atomic mass is 31.2. The Morgan fingerprint density at radius 3 is 1.53 bits per heavy atom. The van der Waals surface area contributed by atoms with E-state index < -0.39 is 32.5 Å². The van der Waals surface area contributed by atoms with Gasteiger partial charge in [0, 0.05) is 12.8 Å². The molecule has 9 nitrogen and oxygen atoms in total. The molecule has 0 aliphatic carbocycles. The average Bonchev–Trinajstić information content (AvgIpc) is 3.17. The van der Waals surface area contributed by atoms with E-state index in [1.807, 2.05) is 27.2 Å². The van der Waals surface area contributed by atoms with Crippen molar-refractivity contribution in [2.45, 2.75) is 148 Å². The highest BCUT2D eigenvalue weighted by Gasteiger charge is 2.21. The fraction of sp³-hybridized carbons (Fsp3) is 0.625. The number of phosphoric ester groups is 1. The minimum atomic E-state index is -4.65. The number of esters is 2. The van der Waals surface area contributed by atoms with Crippen LogP contribution in [0.2, 0.25) is 0 Å². The van der Waals surface area contributed by atoms with E-state index in [0.717, 1.165) is 83.5 Å². The lowest BCUT2D eigenvalue weighted by atomic mass is 10.1. The second-order valence-electron chi connectivity index (χ2n) is 15.3. The molecule has 0 bridgehead atoms. The van der Waals surface area contributed by atoms with Gasteiger partial charge in [0.1, 0.15) is 19.8 Å². The van der Waals surface area contributed by atoms with Crippen LogP contribution in [0.15, 0.2) is 97.2 Å². The lowest BCUT2D eigenvalue weighted by Crippen LogP contribution is -2.37. The summed E-state index contributed by atoms with van der Waals surface area (Å²) in [5.74, 6) is -0.927. The molecule has 2 unspecified atom stereocenters. The molecule has 58 heavy (non-hydrogen) atoms. The van der Waals surface area contributed by atoms with Gasteiger partial charge in [-0.2, -0.15) is 0 Å². The number of rotatable bonds is 38. The topological polar surface area (TPSA) is 111 Å². The number of nitrogens with zero attached hydrogens (tertiary/aromatic N) is 1. The standard InChI is InChI=1S/C48H80NO8P/c1-6-8-10-12-14-16-18-19-20-21-22-23-24-25-26-27-28-29-31-33-35-37-39-41-48(51)57-46(45-56-58(52,53)55-43-42-49(3,4)5)44-54-47(50)40-38-36-34-32-30-17-15-13-11-9-7-2/h8,10,13-16,19-20,22-23,25-26,28-29,33,35,46H,6-7,9,11-12,17-18,21,24,27,30-32,34,36-45H2,1-5H3/b10-8-,15-13-,16-14-,20-19-,23-22-,26-25-,29-28-,35-33-. The van der Waals surface area contributed by atoms with Gasteiger partial charge >= 0.3 is 11.9 Å². The zero-order chi connectivity index (χ0) is 42.8. The van der Waals surface area contributed by atoms with Crippen LogP contribution in [0.1, 0.15) is 142 Å². The molecule has 0 aromatic rings. The molecular weight excluding hydrogens is 750 g/mol. The van der Waals surface area contributed by atoms with Gasteiger partial charge in [0.15, 0.2) is 6.10 Å². The number of hydrogen-bond acceptors (Lipinski definition) is 8. The molecule has 0 spiro atoms. The largest absolute Gasteiger partial charge is 0.756 e. The van der Waals surface area contributed by atoms with E-state index in [0.29, 0.717) is 30.3 Å². The summed E-state index contributed by atoms with van der Waals surface area (Å²) < 4.78 is 33.8. The van der Waals surface area contributed by atoms with Gasteiger partial charge in [0.05, 0.1) is 27.7 Å². The first-order valence-corrected chi connectivity index (χ1v) is 23.4. The Morgan fingerprint density at radius 2 is 1.00 bits per heavy atom. The van der Waals surface area contributed by atoms with Gasteiger partial charge in [-0.3, -0.25) is 14.2 Å². The lowest BCUT2D eigenvalue weighted by Gasteiger charge is -2.28. The summed E-state index contributed by atoms with van der Waals surface area (Å²) in [7, 11) is 1.10. The number of ether oxygens (including phenoxy) is 2. The Kier molecular flexibility index (Phi) is 37.3.